The van der Waals surface area contributed by atoms with Crippen LogP contribution in [0, 0.1) is 0 Å². The maximum Gasteiger partial charge on any atom is 0.303 e. The Morgan fingerprint density at radius 3 is 2.89 bits per heavy atom. The fourth-order valence-corrected chi connectivity index (χ4v) is 2.20. The van der Waals surface area contributed by atoms with Crippen LogP contribution in [0.1, 0.15) is 24.0 Å². The van der Waals surface area contributed by atoms with Crippen molar-refractivity contribution in [1.29, 1.82) is 0 Å². The van der Waals surface area contributed by atoms with Crippen LogP contribution in [0.25, 0.3) is 0 Å². The van der Waals surface area contributed by atoms with E-state index in [9.17, 15) is 9.59 Å². The van der Waals surface area contributed by atoms with Crippen LogP contribution in [0.15, 0.2) is 18.2 Å². The normalized spacial score (nSPS) is 13.8. The number of fused-ring (bicyclic) bond motifs is 1. The number of amides is 1. The molecular weight excluding hydrogens is 232 g/mol. The minimum Gasteiger partial charge on any atom is -0.481 e. The third-order valence-electron chi connectivity index (χ3n) is 3.09. The molecule has 0 bridgehead atoms. The highest BCUT2D eigenvalue weighted by Crippen LogP contribution is 2.29. The Hall–Kier alpha value is -1.88. The van der Waals surface area contributed by atoms with Crippen molar-refractivity contribution in [1.82, 2.24) is 0 Å². The zero-order chi connectivity index (χ0) is 13.1. The summed E-state index contributed by atoms with van der Waals surface area (Å²) in [4.78, 5) is 24.0. The quantitative estimate of drug-likeness (QED) is 0.810. The lowest BCUT2D eigenvalue weighted by atomic mass is 10.1. The van der Waals surface area contributed by atoms with E-state index in [1.165, 1.54) is 0 Å². The van der Waals surface area contributed by atoms with Crippen LogP contribution >= 0.6 is 0 Å². The van der Waals surface area contributed by atoms with Gasteiger partial charge < -0.3 is 15.7 Å². The van der Waals surface area contributed by atoms with Gasteiger partial charge >= 0.3 is 5.97 Å². The van der Waals surface area contributed by atoms with E-state index in [0.717, 1.165) is 16.8 Å². The molecule has 1 aliphatic rings. The van der Waals surface area contributed by atoms with Gasteiger partial charge in [0.15, 0.2) is 0 Å². The molecule has 0 unspecified atom stereocenters. The zero-order valence-electron chi connectivity index (χ0n) is 10.1. The van der Waals surface area contributed by atoms with E-state index in [1.54, 1.807) is 4.90 Å². The molecule has 0 aromatic heterocycles. The lowest BCUT2D eigenvalue weighted by Crippen LogP contribution is -2.28. The summed E-state index contributed by atoms with van der Waals surface area (Å²) in [5, 5.41) is 8.60. The second kappa shape index (κ2) is 5.18. The van der Waals surface area contributed by atoms with E-state index in [0.29, 0.717) is 25.9 Å². The van der Waals surface area contributed by atoms with E-state index in [-0.39, 0.29) is 12.3 Å². The van der Waals surface area contributed by atoms with Gasteiger partial charge in [0.2, 0.25) is 5.91 Å². The Balaban J connectivity index is 2.10. The van der Waals surface area contributed by atoms with E-state index in [1.807, 2.05) is 18.2 Å². The minimum absolute atomic E-state index is 0.0320. The summed E-state index contributed by atoms with van der Waals surface area (Å²) in [7, 11) is 0. The highest BCUT2D eigenvalue weighted by atomic mass is 16.4. The van der Waals surface area contributed by atoms with Gasteiger partial charge in [-0.2, -0.15) is 0 Å². The summed E-state index contributed by atoms with van der Waals surface area (Å²) in [6.45, 7) is 0.917. The van der Waals surface area contributed by atoms with Gasteiger partial charge in [0.25, 0.3) is 0 Å². The second-order valence-electron chi connectivity index (χ2n) is 4.39. The fourth-order valence-electron chi connectivity index (χ4n) is 2.20. The Labute approximate surface area is 105 Å². The number of nitrogens with two attached hydrogens (primary N) is 1. The fraction of sp³-hybridized carbons (Fsp3) is 0.385. The Kier molecular flexibility index (Phi) is 3.62. The predicted octanol–water partition coefficient (Wildman–Crippen LogP) is 0.899. The minimum atomic E-state index is -0.833. The van der Waals surface area contributed by atoms with E-state index in [2.05, 4.69) is 0 Å². The lowest BCUT2D eigenvalue weighted by molar-refractivity contribution is -0.137. The van der Waals surface area contributed by atoms with Crippen molar-refractivity contribution in [2.45, 2.75) is 25.8 Å². The van der Waals surface area contributed by atoms with Crippen molar-refractivity contribution in [2.24, 2.45) is 5.73 Å². The number of hydrogen-bond donors (Lipinski definition) is 2. The van der Waals surface area contributed by atoms with Gasteiger partial charge in [0.05, 0.1) is 6.42 Å². The highest BCUT2D eigenvalue weighted by Gasteiger charge is 2.26. The summed E-state index contributed by atoms with van der Waals surface area (Å²) >= 11 is 0. The SMILES string of the molecule is NCc1ccc2c(c1)CC(=O)N2CCCC(=O)O. The first-order valence-corrected chi connectivity index (χ1v) is 5.96. The third-order valence-corrected chi connectivity index (χ3v) is 3.09. The molecule has 1 amide bonds. The molecule has 5 nitrogen and oxygen atoms in total. The van der Waals surface area contributed by atoms with Crippen LogP contribution in [0.5, 0.6) is 0 Å². The number of carboxylic acids is 1. The molecule has 0 saturated carbocycles. The van der Waals surface area contributed by atoms with E-state index in [4.69, 9.17) is 10.8 Å². The topological polar surface area (TPSA) is 83.6 Å². The number of carbonyl (C=O) groups is 2. The van der Waals surface area contributed by atoms with Gasteiger partial charge in [-0.15, -0.1) is 0 Å². The van der Waals surface area contributed by atoms with Crippen molar-refractivity contribution in [3.63, 3.8) is 0 Å². The first-order valence-electron chi connectivity index (χ1n) is 5.96. The Morgan fingerprint density at radius 2 is 2.22 bits per heavy atom. The molecule has 96 valence electrons. The first-order chi connectivity index (χ1) is 8.61. The van der Waals surface area contributed by atoms with Crippen LogP contribution in [-0.4, -0.2) is 23.5 Å². The van der Waals surface area contributed by atoms with Crippen LogP contribution < -0.4 is 10.6 Å². The Morgan fingerprint density at radius 1 is 1.44 bits per heavy atom. The van der Waals surface area contributed by atoms with Gasteiger partial charge in [-0.25, -0.2) is 0 Å². The largest absolute Gasteiger partial charge is 0.481 e. The number of rotatable bonds is 5. The van der Waals surface area contributed by atoms with Crippen molar-refractivity contribution in [2.75, 3.05) is 11.4 Å². The van der Waals surface area contributed by atoms with Crippen LogP contribution in [-0.2, 0) is 22.6 Å². The maximum atomic E-state index is 11.9. The average molecular weight is 248 g/mol. The first kappa shape index (κ1) is 12.6. The van der Waals surface area contributed by atoms with Crippen LogP contribution in [0.2, 0.25) is 0 Å². The number of hydrogen-bond acceptors (Lipinski definition) is 3. The second-order valence-corrected chi connectivity index (χ2v) is 4.39. The number of carbonyl (C=O) groups excluding carboxylic acids is 1. The average Bonchev–Trinajstić information content (AvgIpc) is 2.64. The van der Waals surface area contributed by atoms with E-state index >= 15 is 0 Å². The van der Waals surface area contributed by atoms with Crippen molar-refractivity contribution >= 4 is 17.6 Å². The molecule has 0 spiro atoms. The number of benzene rings is 1. The smallest absolute Gasteiger partial charge is 0.303 e. The van der Waals surface area contributed by atoms with Crippen molar-refractivity contribution < 1.29 is 14.7 Å². The summed E-state index contributed by atoms with van der Waals surface area (Å²) in [5.41, 5.74) is 8.45. The maximum absolute atomic E-state index is 11.9. The molecule has 0 saturated heterocycles. The molecule has 3 N–H and O–H groups in total. The molecule has 0 aliphatic carbocycles. The summed E-state index contributed by atoms with van der Waals surface area (Å²) < 4.78 is 0. The molecule has 1 aromatic carbocycles. The van der Waals surface area contributed by atoms with Gasteiger partial charge in [-0.05, 0) is 23.6 Å². The summed E-state index contributed by atoms with van der Waals surface area (Å²) in [6.07, 6.45) is 0.940. The molecule has 0 atom stereocenters. The zero-order valence-corrected chi connectivity index (χ0v) is 10.1. The Bertz CT molecular complexity index is 485. The van der Waals surface area contributed by atoms with E-state index < -0.39 is 5.97 Å². The highest BCUT2D eigenvalue weighted by molar-refractivity contribution is 6.01. The molecule has 1 aliphatic heterocycles. The molecule has 0 radical (unpaired) electrons. The van der Waals surface area contributed by atoms with Crippen LogP contribution in [0.4, 0.5) is 5.69 Å². The molecule has 18 heavy (non-hydrogen) atoms. The molecule has 1 aromatic rings. The number of carboxylic acid groups (broad SMARTS) is 1. The number of anilines is 1. The molecule has 0 fully saturated rings. The third kappa shape index (κ3) is 2.51. The van der Waals surface area contributed by atoms with Crippen LogP contribution in [0.3, 0.4) is 0 Å². The van der Waals surface area contributed by atoms with Gasteiger partial charge in [0.1, 0.15) is 0 Å². The molecular formula is C13H16N2O3. The monoisotopic (exact) mass is 248 g/mol. The molecule has 2 rings (SSSR count). The predicted molar refractivity (Wildman–Crippen MR) is 67.3 cm³/mol. The molecule has 5 heteroatoms. The lowest BCUT2D eigenvalue weighted by Gasteiger charge is -2.17. The van der Waals surface area contributed by atoms with Gasteiger partial charge in [-0.3, -0.25) is 9.59 Å². The number of nitrogens with zero attached hydrogens (tertiary/aromatic N) is 1. The standard InChI is InChI=1S/C13H16N2O3/c14-8-9-3-4-11-10(6-9)7-12(16)15(11)5-1-2-13(17)18/h3-4,6H,1-2,5,7-8,14H2,(H,17,18). The molecule has 1 heterocycles. The van der Waals surface area contributed by atoms with Crippen molar-refractivity contribution in [3.05, 3.63) is 29.3 Å². The van der Waals surface area contributed by atoms with Gasteiger partial charge in [0, 0.05) is 25.2 Å². The van der Waals surface area contributed by atoms with Crippen molar-refractivity contribution in [3.8, 4) is 0 Å². The van der Waals surface area contributed by atoms with Gasteiger partial charge in [-0.1, -0.05) is 12.1 Å². The summed E-state index contributed by atoms with van der Waals surface area (Å²) in [6, 6.07) is 5.75. The number of aliphatic carboxylic acids is 1. The summed E-state index contributed by atoms with van der Waals surface area (Å²) in [5.74, 6) is -0.801.